The van der Waals surface area contributed by atoms with E-state index in [1.54, 1.807) is 13.2 Å². The lowest BCUT2D eigenvalue weighted by atomic mass is 10.1. The number of methoxy groups -OCH3 is 1. The molecule has 0 aliphatic heterocycles. The van der Waals surface area contributed by atoms with Gasteiger partial charge in [0.2, 0.25) is 0 Å². The zero-order chi connectivity index (χ0) is 14.8. The Labute approximate surface area is 122 Å². The van der Waals surface area contributed by atoms with Crippen LogP contribution in [0.1, 0.15) is 29.8 Å². The number of amides is 1. The zero-order valence-corrected chi connectivity index (χ0v) is 11.9. The number of carbonyl (C=O) groups is 2. The van der Waals surface area contributed by atoms with Crippen LogP contribution in [0.25, 0.3) is 10.9 Å². The number of benzene rings is 1. The van der Waals surface area contributed by atoms with Gasteiger partial charge in [0.15, 0.2) is 0 Å². The van der Waals surface area contributed by atoms with E-state index in [0.29, 0.717) is 17.4 Å². The highest BCUT2D eigenvalue weighted by Crippen LogP contribution is 2.33. The Kier molecular flexibility index (Phi) is 3.64. The molecule has 110 valence electrons. The van der Waals surface area contributed by atoms with E-state index in [9.17, 15) is 9.59 Å². The average Bonchev–Trinajstić information content (AvgIpc) is 3.20. The van der Waals surface area contributed by atoms with Gasteiger partial charge >= 0.3 is 0 Å². The third kappa shape index (κ3) is 2.91. The quantitative estimate of drug-likeness (QED) is 0.800. The van der Waals surface area contributed by atoms with E-state index in [1.807, 2.05) is 18.2 Å². The lowest BCUT2D eigenvalue weighted by Gasteiger charge is -2.11. The first kappa shape index (κ1) is 13.7. The number of aromatic amines is 1. The van der Waals surface area contributed by atoms with Gasteiger partial charge in [0.1, 0.15) is 17.7 Å². The standard InChI is InChI=1S/C16H18N2O3/c1-21-15-4-2-3-13-12(15)8-14(18-13)16(20)17-11(9-19)7-10-5-6-10/h2-4,8-11,18H,5-7H2,1H3,(H,17,20)/t11-/m0/s1. The number of fused-ring (bicyclic) bond motifs is 1. The van der Waals surface area contributed by atoms with E-state index >= 15 is 0 Å². The lowest BCUT2D eigenvalue weighted by Crippen LogP contribution is -2.36. The number of aldehydes is 1. The number of aromatic nitrogens is 1. The molecular formula is C16H18N2O3. The maximum absolute atomic E-state index is 12.2. The summed E-state index contributed by atoms with van der Waals surface area (Å²) in [4.78, 5) is 26.4. The molecule has 2 aromatic rings. The molecule has 0 bridgehead atoms. The Hall–Kier alpha value is -2.30. The molecule has 1 aliphatic carbocycles. The van der Waals surface area contributed by atoms with Gasteiger partial charge in [-0.2, -0.15) is 0 Å². The molecule has 0 unspecified atom stereocenters. The predicted octanol–water partition coefficient (Wildman–Crippen LogP) is 2.27. The fraction of sp³-hybridized carbons (Fsp3) is 0.375. The van der Waals surface area contributed by atoms with Gasteiger partial charge in [-0.25, -0.2) is 0 Å². The molecule has 1 fully saturated rings. The zero-order valence-electron chi connectivity index (χ0n) is 11.9. The molecule has 5 heteroatoms. The van der Waals surface area contributed by atoms with Crippen LogP contribution in [0.4, 0.5) is 0 Å². The molecule has 3 rings (SSSR count). The Bertz CT molecular complexity index is 673. The van der Waals surface area contributed by atoms with Crippen molar-refractivity contribution in [2.75, 3.05) is 7.11 Å². The van der Waals surface area contributed by atoms with Gasteiger partial charge in [-0.1, -0.05) is 18.9 Å². The topological polar surface area (TPSA) is 71.2 Å². The summed E-state index contributed by atoms with van der Waals surface area (Å²) >= 11 is 0. The average molecular weight is 286 g/mol. The minimum atomic E-state index is -0.404. The van der Waals surface area contributed by atoms with Crippen molar-refractivity contribution in [3.05, 3.63) is 30.0 Å². The minimum absolute atomic E-state index is 0.258. The molecule has 1 saturated carbocycles. The van der Waals surface area contributed by atoms with Crippen molar-refractivity contribution in [3.8, 4) is 5.75 Å². The van der Waals surface area contributed by atoms with Gasteiger partial charge in [0.25, 0.3) is 5.91 Å². The van der Waals surface area contributed by atoms with Crippen LogP contribution >= 0.6 is 0 Å². The largest absolute Gasteiger partial charge is 0.496 e. The van der Waals surface area contributed by atoms with Gasteiger partial charge in [0.05, 0.1) is 13.2 Å². The lowest BCUT2D eigenvalue weighted by molar-refractivity contribution is -0.109. The monoisotopic (exact) mass is 286 g/mol. The normalized spacial score (nSPS) is 15.7. The van der Waals surface area contributed by atoms with Crippen molar-refractivity contribution in [1.29, 1.82) is 0 Å². The van der Waals surface area contributed by atoms with Crippen LogP contribution < -0.4 is 10.1 Å². The molecule has 1 atom stereocenters. The number of hydrogen-bond donors (Lipinski definition) is 2. The molecule has 5 nitrogen and oxygen atoms in total. The number of H-pyrrole nitrogens is 1. The number of rotatable bonds is 6. The predicted molar refractivity (Wildman–Crippen MR) is 79.5 cm³/mol. The molecule has 0 saturated heterocycles. The number of carbonyl (C=O) groups excluding carboxylic acids is 2. The van der Waals surface area contributed by atoms with Crippen LogP contribution in [0.2, 0.25) is 0 Å². The maximum atomic E-state index is 12.2. The molecule has 21 heavy (non-hydrogen) atoms. The third-order valence-corrected chi connectivity index (χ3v) is 3.85. The second-order valence-corrected chi connectivity index (χ2v) is 5.50. The molecular weight excluding hydrogens is 268 g/mol. The fourth-order valence-electron chi connectivity index (χ4n) is 2.54. The Morgan fingerprint density at radius 1 is 1.52 bits per heavy atom. The molecule has 1 amide bonds. The van der Waals surface area contributed by atoms with Crippen LogP contribution in [0.3, 0.4) is 0 Å². The van der Waals surface area contributed by atoms with Crippen molar-refractivity contribution in [2.24, 2.45) is 5.92 Å². The van der Waals surface area contributed by atoms with Gasteiger partial charge in [-0.3, -0.25) is 4.79 Å². The first-order chi connectivity index (χ1) is 10.2. The van der Waals surface area contributed by atoms with E-state index in [1.165, 1.54) is 0 Å². The molecule has 1 heterocycles. The maximum Gasteiger partial charge on any atom is 0.268 e. The van der Waals surface area contributed by atoms with Crippen molar-refractivity contribution in [1.82, 2.24) is 10.3 Å². The molecule has 1 aliphatic rings. The highest BCUT2D eigenvalue weighted by atomic mass is 16.5. The van der Waals surface area contributed by atoms with Gasteiger partial charge in [-0.15, -0.1) is 0 Å². The molecule has 1 aromatic carbocycles. The van der Waals surface area contributed by atoms with Crippen LogP contribution in [0.15, 0.2) is 24.3 Å². The SMILES string of the molecule is COc1cccc2[nH]c(C(=O)N[C@H](C=O)CC3CC3)cc12. The minimum Gasteiger partial charge on any atom is -0.496 e. The second kappa shape index (κ2) is 5.60. The second-order valence-electron chi connectivity index (χ2n) is 5.50. The summed E-state index contributed by atoms with van der Waals surface area (Å²) in [6, 6.07) is 6.94. The molecule has 1 aromatic heterocycles. The van der Waals surface area contributed by atoms with Gasteiger partial charge in [0, 0.05) is 10.9 Å². The number of hydrogen-bond acceptors (Lipinski definition) is 3. The summed E-state index contributed by atoms with van der Waals surface area (Å²) in [5, 5.41) is 3.63. The van der Waals surface area contributed by atoms with Crippen LogP contribution in [0, 0.1) is 5.92 Å². The van der Waals surface area contributed by atoms with Crippen molar-refractivity contribution < 1.29 is 14.3 Å². The summed E-state index contributed by atoms with van der Waals surface area (Å²) in [6.07, 6.45) is 3.87. The van der Waals surface area contributed by atoms with Crippen molar-refractivity contribution >= 4 is 23.1 Å². The van der Waals surface area contributed by atoms with Crippen LogP contribution in [0.5, 0.6) is 5.75 Å². The van der Waals surface area contributed by atoms with Crippen molar-refractivity contribution in [3.63, 3.8) is 0 Å². The first-order valence-electron chi connectivity index (χ1n) is 7.13. The van der Waals surface area contributed by atoms with Crippen LogP contribution in [-0.4, -0.2) is 30.3 Å². The highest BCUT2D eigenvalue weighted by Gasteiger charge is 2.26. The molecule has 0 spiro atoms. The van der Waals surface area contributed by atoms with E-state index in [-0.39, 0.29) is 5.91 Å². The Balaban J connectivity index is 1.78. The van der Waals surface area contributed by atoms with Crippen molar-refractivity contribution in [2.45, 2.75) is 25.3 Å². The summed E-state index contributed by atoms with van der Waals surface area (Å²) in [5.41, 5.74) is 1.28. The smallest absolute Gasteiger partial charge is 0.268 e. The van der Waals surface area contributed by atoms with E-state index in [2.05, 4.69) is 10.3 Å². The van der Waals surface area contributed by atoms with E-state index in [4.69, 9.17) is 4.74 Å². The summed E-state index contributed by atoms with van der Waals surface area (Å²) in [5.74, 6) is 1.04. The first-order valence-corrected chi connectivity index (χ1v) is 7.13. The van der Waals surface area contributed by atoms with Gasteiger partial charge < -0.3 is 19.8 Å². The van der Waals surface area contributed by atoms with Crippen LogP contribution in [-0.2, 0) is 4.79 Å². The van der Waals surface area contributed by atoms with Gasteiger partial charge in [-0.05, 0) is 30.5 Å². The number of ether oxygens (including phenoxy) is 1. The Morgan fingerprint density at radius 2 is 2.33 bits per heavy atom. The van der Waals surface area contributed by atoms with E-state index < -0.39 is 6.04 Å². The summed E-state index contributed by atoms with van der Waals surface area (Å²) in [7, 11) is 1.60. The Morgan fingerprint density at radius 3 is 3.00 bits per heavy atom. The molecule has 2 N–H and O–H groups in total. The summed E-state index contributed by atoms with van der Waals surface area (Å²) < 4.78 is 5.28. The van der Waals surface area contributed by atoms with E-state index in [0.717, 1.165) is 36.5 Å². The third-order valence-electron chi connectivity index (χ3n) is 3.85. The molecule has 0 radical (unpaired) electrons. The fourth-order valence-corrected chi connectivity index (χ4v) is 2.54. The number of nitrogens with one attached hydrogen (secondary N) is 2. The highest BCUT2D eigenvalue weighted by molar-refractivity contribution is 6.00. The summed E-state index contributed by atoms with van der Waals surface area (Å²) in [6.45, 7) is 0.